The van der Waals surface area contributed by atoms with E-state index >= 15 is 0 Å². The third kappa shape index (κ3) is 5.35. The van der Waals surface area contributed by atoms with Crippen LogP contribution in [-0.4, -0.2) is 48.9 Å². The maximum Gasteiger partial charge on any atom is 0.223 e. The van der Waals surface area contributed by atoms with Crippen molar-refractivity contribution in [2.45, 2.75) is 32.2 Å². The fourth-order valence-corrected chi connectivity index (χ4v) is 3.34. The molecule has 0 aliphatic carbocycles. The summed E-state index contributed by atoms with van der Waals surface area (Å²) < 4.78 is 5.84. The number of rotatable bonds is 6. The van der Waals surface area contributed by atoms with Crippen LogP contribution in [0.5, 0.6) is 5.75 Å². The van der Waals surface area contributed by atoms with Gasteiger partial charge in [-0.05, 0) is 30.0 Å². The first-order valence-electron chi connectivity index (χ1n) is 9.79. The van der Waals surface area contributed by atoms with Crippen LogP contribution in [0.25, 0.3) is 0 Å². The average molecular weight is 380 g/mol. The fourth-order valence-electron chi connectivity index (χ4n) is 3.34. The molecule has 0 saturated carbocycles. The van der Waals surface area contributed by atoms with Gasteiger partial charge in [-0.2, -0.15) is 0 Å². The van der Waals surface area contributed by atoms with Crippen LogP contribution in [0.15, 0.2) is 48.5 Å². The second-order valence-corrected chi connectivity index (χ2v) is 7.38. The van der Waals surface area contributed by atoms with Crippen molar-refractivity contribution < 1.29 is 14.3 Å². The smallest absolute Gasteiger partial charge is 0.223 e. The largest absolute Gasteiger partial charge is 0.491 e. The molecule has 0 bridgehead atoms. The molecule has 0 fully saturated rings. The standard InChI is InChI=1S/C23H28N2O3/c1-24(2)22(26)12-10-19-8-11-21-20(16-19)17-25(14-15-28-21)23(27)13-9-18-6-4-3-5-7-18/h3-8,11,16H,9-10,12-15,17H2,1-2H3. The second-order valence-electron chi connectivity index (χ2n) is 7.38. The highest BCUT2D eigenvalue weighted by atomic mass is 16.5. The van der Waals surface area contributed by atoms with E-state index in [1.54, 1.807) is 19.0 Å². The molecule has 0 spiro atoms. The van der Waals surface area contributed by atoms with Crippen molar-refractivity contribution >= 4 is 11.8 Å². The van der Waals surface area contributed by atoms with Crippen molar-refractivity contribution in [2.24, 2.45) is 0 Å². The van der Waals surface area contributed by atoms with Gasteiger partial charge in [0.05, 0.1) is 6.54 Å². The SMILES string of the molecule is CN(C)C(=O)CCc1ccc2c(c1)CN(C(=O)CCc1ccccc1)CCO2. The number of benzene rings is 2. The van der Waals surface area contributed by atoms with Crippen LogP contribution < -0.4 is 4.74 Å². The maximum atomic E-state index is 12.7. The van der Waals surface area contributed by atoms with E-state index in [0.29, 0.717) is 39.0 Å². The Morgan fingerprint density at radius 3 is 2.50 bits per heavy atom. The summed E-state index contributed by atoms with van der Waals surface area (Å²) in [5.41, 5.74) is 3.28. The molecule has 0 unspecified atom stereocenters. The van der Waals surface area contributed by atoms with Gasteiger partial charge in [0, 0.05) is 39.0 Å². The summed E-state index contributed by atoms with van der Waals surface area (Å²) >= 11 is 0. The van der Waals surface area contributed by atoms with Gasteiger partial charge in [0.1, 0.15) is 12.4 Å². The lowest BCUT2D eigenvalue weighted by molar-refractivity contribution is -0.132. The van der Waals surface area contributed by atoms with E-state index in [2.05, 4.69) is 18.2 Å². The third-order valence-corrected chi connectivity index (χ3v) is 5.05. The molecule has 0 saturated heterocycles. The van der Waals surface area contributed by atoms with Crippen molar-refractivity contribution in [2.75, 3.05) is 27.2 Å². The number of ether oxygens (including phenoxy) is 1. The third-order valence-electron chi connectivity index (χ3n) is 5.05. The summed E-state index contributed by atoms with van der Waals surface area (Å²) in [5, 5.41) is 0. The van der Waals surface area contributed by atoms with Gasteiger partial charge in [-0.15, -0.1) is 0 Å². The van der Waals surface area contributed by atoms with E-state index in [-0.39, 0.29) is 11.8 Å². The van der Waals surface area contributed by atoms with Crippen molar-refractivity contribution in [3.63, 3.8) is 0 Å². The zero-order chi connectivity index (χ0) is 19.9. The highest BCUT2D eigenvalue weighted by molar-refractivity contribution is 5.77. The first-order valence-corrected chi connectivity index (χ1v) is 9.79. The first-order chi connectivity index (χ1) is 13.5. The van der Waals surface area contributed by atoms with E-state index in [0.717, 1.165) is 23.3 Å². The van der Waals surface area contributed by atoms with Gasteiger partial charge in [-0.25, -0.2) is 0 Å². The predicted octanol–water partition coefficient (Wildman–Crippen LogP) is 3.06. The number of carbonyl (C=O) groups is 2. The van der Waals surface area contributed by atoms with E-state index in [1.165, 1.54) is 5.56 Å². The predicted molar refractivity (Wildman–Crippen MR) is 109 cm³/mol. The van der Waals surface area contributed by atoms with Gasteiger partial charge < -0.3 is 14.5 Å². The Labute approximate surface area is 166 Å². The summed E-state index contributed by atoms with van der Waals surface area (Å²) in [5.74, 6) is 1.10. The molecule has 148 valence electrons. The van der Waals surface area contributed by atoms with Crippen LogP contribution in [0, 0.1) is 0 Å². The quantitative estimate of drug-likeness (QED) is 0.774. The van der Waals surface area contributed by atoms with Crippen LogP contribution >= 0.6 is 0 Å². The summed E-state index contributed by atoms with van der Waals surface area (Å²) in [6, 6.07) is 16.1. The highest BCUT2D eigenvalue weighted by Gasteiger charge is 2.20. The summed E-state index contributed by atoms with van der Waals surface area (Å²) in [6.07, 6.45) is 2.41. The normalized spacial score (nSPS) is 13.3. The van der Waals surface area contributed by atoms with Crippen LogP contribution in [0.2, 0.25) is 0 Å². The van der Waals surface area contributed by atoms with Crippen LogP contribution in [0.4, 0.5) is 0 Å². The Kier molecular flexibility index (Phi) is 6.69. The molecule has 2 aromatic rings. The molecule has 5 heteroatoms. The summed E-state index contributed by atoms with van der Waals surface area (Å²) in [6.45, 7) is 1.65. The van der Waals surface area contributed by atoms with Crippen molar-refractivity contribution in [3.05, 3.63) is 65.2 Å². The first kappa shape index (κ1) is 19.9. The Morgan fingerprint density at radius 1 is 1.00 bits per heavy atom. The molecule has 1 aliphatic rings. The molecule has 2 amide bonds. The Bertz CT molecular complexity index is 818. The Morgan fingerprint density at radius 2 is 1.75 bits per heavy atom. The average Bonchev–Trinajstić information content (AvgIpc) is 2.93. The van der Waals surface area contributed by atoms with Crippen LogP contribution in [-0.2, 0) is 29.0 Å². The number of carbonyl (C=O) groups excluding carboxylic acids is 2. The van der Waals surface area contributed by atoms with Crippen LogP contribution in [0.3, 0.4) is 0 Å². The van der Waals surface area contributed by atoms with Crippen molar-refractivity contribution in [1.29, 1.82) is 0 Å². The monoisotopic (exact) mass is 380 g/mol. The maximum absolute atomic E-state index is 12.7. The molecule has 3 rings (SSSR count). The molecular weight excluding hydrogens is 352 g/mol. The second kappa shape index (κ2) is 9.40. The van der Waals surface area contributed by atoms with E-state index in [9.17, 15) is 9.59 Å². The number of nitrogens with zero attached hydrogens (tertiary/aromatic N) is 2. The molecule has 1 aliphatic heterocycles. The molecular formula is C23H28N2O3. The van der Waals surface area contributed by atoms with Crippen LogP contribution in [0.1, 0.15) is 29.5 Å². The van der Waals surface area contributed by atoms with Crippen molar-refractivity contribution in [1.82, 2.24) is 9.80 Å². The zero-order valence-electron chi connectivity index (χ0n) is 16.7. The molecule has 2 aromatic carbocycles. The summed E-state index contributed by atoms with van der Waals surface area (Å²) in [7, 11) is 3.54. The molecule has 0 atom stereocenters. The number of hydrogen-bond acceptors (Lipinski definition) is 3. The minimum atomic E-state index is 0.115. The molecule has 0 radical (unpaired) electrons. The van der Waals surface area contributed by atoms with E-state index < -0.39 is 0 Å². The van der Waals surface area contributed by atoms with Gasteiger partial charge >= 0.3 is 0 Å². The molecule has 28 heavy (non-hydrogen) atoms. The van der Waals surface area contributed by atoms with E-state index in [4.69, 9.17) is 4.74 Å². The number of amides is 2. The van der Waals surface area contributed by atoms with Gasteiger partial charge in [-0.3, -0.25) is 9.59 Å². The Hall–Kier alpha value is -2.82. The van der Waals surface area contributed by atoms with Gasteiger partial charge in [0.25, 0.3) is 0 Å². The zero-order valence-corrected chi connectivity index (χ0v) is 16.7. The number of fused-ring (bicyclic) bond motifs is 1. The summed E-state index contributed by atoms with van der Waals surface area (Å²) in [4.78, 5) is 28.1. The molecule has 1 heterocycles. The van der Waals surface area contributed by atoms with Gasteiger partial charge in [0.15, 0.2) is 0 Å². The molecule has 0 aromatic heterocycles. The van der Waals surface area contributed by atoms with Crippen molar-refractivity contribution in [3.8, 4) is 5.75 Å². The minimum absolute atomic E-state index is 0.115. The fraction of sp³-hybridized carbons (Fsp3) is 0.391. The number of aryl methyl sites for hydroxylation is 2. The highest BCUT2D eigenvalue weighted by Crippen LogP contribution is 2.25. The molecule has 0 N–H and O–H groups in total. The van der Waals surface area contributed by atoms with Gasteiger partial charge in [-0.1, -0.05) is 42.5 Å². The van der Waals surface area contributed by atoms with E-state index in [1.807, 2.05) is 35.2 Å². The minimum Gasteiger partial charge on any atom is -0.491 e. The number of hydrogen-bond donors (Lipinski definition) is 0. The lowest BCUT2D eigenvalue weighted by atomic mass is 10.0. The Balaban J connectivity index is 1.62. The van der Waals surface area contributed by atoms with Gasteiger partial charge in [0.2, 0.25) is 11.8 Å². The molecule has 5 nitrogen and oxygen atoms in total. The topological polar surface area (TPSA) is 49.9 Å². The lowest BCUT2D eigenvalue weighted by Gasteiger charge is -2.20. The lowest BCUT2D eigenvalue weighted by Crippen LogP contribution is -2.32.